The number of amides is 1. The van der Waals surface area contributed by atoms with E-state index in [1.54, 1.807) is 0 Å². The average Bonchev–Trinajstić information content (AvgIpc) is 3.38. The van der Waals surface area contributed by atoms with Crippen molar-refractivity contribution in [2.45, 2.75) is 110 Å². The van der Waals surface area contributed by atoms with E-state index in [4.69, 9.17) is 13.1 Å². The Morgan fingerprint density at radius 1 is 1.13 bits per heavy atom. The normalized spacial score (nSPS) is 35.4. The number of rotatable bonds is 4. The van der Waals surface area contributed by atoms with Gasteiger partial charge in [0.15, 0.2) is 13.7 Å². The third kappa shape index (κ3) is 3.16. The maximum absolute atomic E-state index is 13.6. The van der Waals surface area contributed by atoms with Crippen LogP contribution in [-0.2, 0) is 12.8 Å². The van der Waals surface area contributed by atoms with E-state index in [2.05, 4.69) is 36.0 Å². The molecule has 6 heteroatoms. The molecule has 162 valence electrons. The molecule has 0 spiro atoms. The Balaban J connectivity index is 1.46. The number of carbonyl (C=O) groups excluding carboxylic acids is 1. The third-order valence-corrected chi connectivity index (χ3v) is 9.22. The summed E-state index contributed by atoms with van der Waals surface area (Å²) in [4.78, 5) is 13.6. The Kier molecular flexibility index (Phi) is 5.07. The lowest BCUT2D eigenvalue weighted by molar-refractivity contribution is 0.0731. The molecule has 2 radical (unpaired) electrons. The fourth-order valence-electron chi connectivity index (χ4n) is 7.46. The molecule has 0 saturated heterocycles. The SMILES string of the molecule is [B]NC1CCc2c(c(C(=O)NC3C4(C)CCC(C4)C3(C)C)nn2C2CCCCC2)C1. The molecular weight excluding hydrogens is 371 g/mol. The fraction of sp³-hybridized carbons (Fsp3) is 0.833. The topological polar surface area (TPSA) is 59.0 Å². The lowest BCUT2D eigenvalue weighted by Gasteiger charge is -2.43. The van der Waals surface area contributed by atoms with Crippen LogP contribution in [0, 0.1) is 16.7 Å². The molecule has 0 aromatic carbocycles. The summed E-state index contributed by atoms with van der Waals surface area (Å²) < 4.78 is 2.24. The molecule has 4 atom stereocenters. The third-order valence-electron chi connectivity index (χ3n) is 9.22. The van der Waals surface area contributed by atoms with Crippen LogP contribution in [-0.4, -0.2) is 35.8 Å². The highest BCUT2D eigenvalue weighted by Crippen LogP contribution is 2.62. The van der Waals surface area contributed by atoms with E-state index in [9.17, 15) is 4.79 Å². The Bertz CT molecular complexity index is 823. The first-order valence-electron chi connectivity index (χ1n) is 12.2. The van der Waals surface area contributed by atoms with Crippen LogP contribution in [0.3, 0.4) is 0 Å². The molecule has 1 heterocycles. The van der Waals surface area contributed by atoms with Crippen molar-refractivity contribution in [2.75, 3.05) is 0 Å². The van der Waals surface area contributed by atoms with Crippen molar-refractivity contribution in [1.82, 2.24) is 20.3 Å². The number of nitrogens with one attached hydrogen (secondary N) is 2. The van der Waals surface area contributed by atoms with Gasteiger partial charge in [0.1, 0.15) is 0 Å². The summed E-state index contributed by atoms with van der Waals surface area (Å²) in [5.41, 5.74) is 3.46. The predicted molar refractivity (Wildman–Crippen MR) is 120 cm³/mol. The Labute approximate surface area is 182 Å². The Morgan fingerprint density at radius 3 is 2.57 bits per heavy atom. The van der Waals surface area contributed by atoms with Crippen LogP contribution in [0.4, 0.5) is 0 Å². The molecule has 30 heavy (non-hydrogen) atoms. The van der Waals surface area contributed by atoms with E-state index in [0.29, 0.717) is 17.7 Å². The molecule has 2 bridgehead atoms. The summed E-state index contributed by atoms with van der Waals surface area (Å²) in [7, 11) is 5.78. The summed E-state index contributed by atoms with van der Waals surface area (Å²) in [6.07, 6.45) is 12.7. The molecule has 4 aliphatic carbocycles. The Morgan fingerprint density at radius 2 is 1.90 bits per heavy atom. The van der Waals surface area contributed by atoms with Crippen molar-refractivity contribution < 1.29 is 4.79 Å². The van der Waals surface area contributed by atoms with Crippen LogP contribution in [0.2, 0.25) is 0 Å². The van der Waals surface area contributed by atoms with Gasteiger partial charge in [-0.1, -0.05) is 40.0 Å². The van der Waals surface area contributed by atoms with Gasteiger partial charge >= 0.3 is 0 Å². The van der Waals surface area contributed by atoms with Gasteiger partial charge in [0.25, 0.3) is 5.91 Å². The molecule has 4 unspecified atom stereocenters. The average molecular weight is 408 g/mol. The maximum atomic E-state index is 13.6. The van der Waals surface area contributed by atoms with E-state index >= 15 is 0 Å². The first kappa shape index (κ1) is 20.6. The van der Waals surface area contributed by atoms with Crippen LogP contribution in [0.15, 0.2) is 0 Å². The predicted octanol–water partition coefficient (Wildman–Crippen LogP) is 3.86. The fourth-order valence-corrected chi connectivity index (χ4v) is 7.46. The number of hydrogen-bond donors (Lipinski definition) is 2. The second kappa shape index (κ2) is 7.39. The molecule has 1 aromatic heterocycles. The number of aromatic nitrogens is 2. The highest BCUT2D eigenvalue weighted by atomic mass is 16.2. The smallest absolute Gasteiger partial charge is 0.272 e. The van der Waals surface area contributed by atoms with Crippen molar-refractivity contribution in [3.63, 3.8) is 0 Å². The van der Waals surface area contributed by atoms with E-state index < -0.39 is 0 Å². The Hall–Kier alpha value is -1.30. The van der Waals surface area contributed by atoms with E-state index in [0.717, 1.165) is 24.8 Å². The van der Waals surface area contributed by atoms with Gasteiger partial charge in [0.2, 0.25) is 0 Å². The maximum Gasteiger partial charge on any atom is 0.272 e. The zero-order chi connectivity index (χ0) is 21.1. The van der Waals surface area contributed by atoms with E-state index in [1.807, 2.05) is 0 Å². The minimum atomic E-state index is 0.0327. The largest absolute Gasteiger partial charge is 0.363 e. The van der Waals surface area contributed by atoms with E-state index in [1.165, 1.54) is 57.1 Å². The molecular formula is C24H37BN4O. The van der Waals surface area contributed by atoms with Crippen molar-refractivity contribution in [1.29, 1.82) is 0 Å². The summed E-state index contributed by atoms with van der Waals surface area (Å²) in [6, 6.07) is 0.899. The van der Waals surface area contributed by atoms with Crippen molar-refractivity contribution in [2.24, 2.45) is 16.7 Å². The van der Waals surface area contributed by atoms with Gasteiger partial charge in [-0.05, 0) is 68.1 Å². The second-order valence-electron chi connectivity index (χ2n) is 11.4. The second-order valence-corrected chi connectivity index (χ2v) is 11.4. The molecule has 4 aliphatic rings. The van der Waals surface area contributed by atoms with Crippen molar-refractivity contribution >= 4 is 13.9 Å². The standard InChI is InChI=1S/C24H37BN4O/c1-23(2)15-11-12-24(3,14-15)22(23)26-21(30)20-18-13-16(27-25)9-10-19(18)29(28-20)17-7-5-4-6-8-17/h15-17,22,27H,4-14H2,1-3H3,(H,26,30). The summed E-state index contributed by atoms with van der Waals surface area (Å²) in [5.74, 6) is 0.748. The lowest BCUT2D eigenvalue weighted by Crippen LogP contribution is -2.52. The van der Waals surface area contributed by atoms with Gasteiger partial charge in [-0.2, -0.15) is 5.10 Å². The minimum absolute atomic E-state index is 0.0327. The number of hydrogen-bond acceptors (Lipinski definition) is 3. The molecule has 3 fully saturated rings. The zero-order valence-corrected chi connectivity index (χ0v) is 19.0. The van der Waals surface area contributed by atoms with Gasteiger partial charge in [0, 0.05) is 23.3 Å². The van der Waals surface area contributed by atoms with Crippen LogP contribution in [0.25, 0.3) is 0 Å². The van der Waals surface area contributed by atoms with Crippen molar-refractivity contribution in [3.8, 4) is 0 Å². The van der Waals surface area contributed by atoms with Crippen LogP contribution >= 0.6 is 0 Å². The molecule has 3 saturated carbocycles. The van der Waals surface area contributed by atoms with Gasteiger partial charge < -0.3 is 10.5 Å². The first-order chi connectivity index (χ1) is 14.3. The highest BCUT2D eigenvalue weighted by molar-refractivity contribution is 6.04. The van der Waals surface area contributed by atoms with Crippen molar-refractivity contribution in [3.05, 3.63) is 17.0 Å². The number of nitrogens with zero attached hydrogens (tertiary/aromatic N) is 2. The van der Waals surface area contributed by atoms with Gasteiger partial charge in [0.05, 0.1) is 6.04 Å². The zero-order valence-electron chi connectivity index (χ0n) is 19.0. The molecule has 2 N–H and O–H groups in total. The summed E-state index contributed by atoms with van der Waals surface area (Å²) in [5, 5.41) is 11.4. The molecule has 0 aliphatic heterocycles. The monoisotopic (exact) mass is 408 g/mol. The first-order valence-corrected chi connectivity index (χ1v) is 12.2. The van der Waals surface area contributed by atoms with Gasteiger partial charge in [-0.15, -0.1) is 0 Å². The molecule has 5 rings (SSSR count). The molecule has 1 amide bonds. The number of fused-ring (bicyclic) bond motifs is 3. The minimum Gasteiger partial charge on any atom is -0.363 e. The molecule has 1 aromatic rings. The highest BCUT2D eigenvalue weighted by Gasteiger charge is 2.59. The quantitative estimate of drug-likeness (QED) is 0.744. The summed E-state index contributed by atoms with van der Waals surface area (Å²) in [6.45, 7) is 7.06. The molecule has 5 nitrogen and oxygen atoms in total. The van der Waals surface area contributed by atoms with E-state index in [-0.39, 0.29) is 28.8 Å². The lowest BCUT2D eigenvalue weighted by atomic mass is 9.68. The van der Waals surface area contributed by atoms with Crippen LogP contribution < -0.4 is 10.5 Å². The van der Waals surface area contributed by atoms with Gasteiger partial charge in [-0.3, -0.25) is 9.48 Å². The number of carbonyl (C=O) groups is 1. The van der Waals surface area contributed by atoms with Gasteiger partial charge in [-0.25, -0.2) is 0 Å². The summed E-state index contributed by atoms with van der Waals surface area (Å²) >= 11 is 0. The van der Waals surface area contributed by atoms with Crippen LogP contribution in [0.1, 0.15) is 106 Å². The van der Waals surface area contributed by atoms with Crippen LogP contribution in [0.5, 0.6) is 0 Å².